The first-order chi connectivity index (χ1) is 13.8. The Labute approximate surface area is 173 Å². The van der Waals surface area contributed by atoms with E-state index in [-0.39, 0.29) is 17.9 Å². The number of piperazine rings is 1. The molecule has 3 rings (SSSR count). The van der Waals surface area contributed by atoms with E-state index in [1.807, 2.05) is 23.1 Å². The molecular weight excluding hydrogens is 424 g/mol. The molecule has 6 nitrogen and oxygen atoms in total. The fourth-order valence-electron chi connectivity index (χ4n) is 3.11. The molecule has 10 heteroatoms. The average molecular weight is 444 g/mol. The standard InChI is InChI=1S/C19H20ClF2N3O3S/c20-16-3-1-2-4-18(16)24-8-10-25(11-9-24)29(27,28)12-7-23-19(26)15-6-5-14(21)13-17(15)22/h1-6,13H,7-12H2,(H,23,26). The van der Waals surface area contributed by atoms with Gasteiger partial charge in [0.25, 0.3) is 5.91 Å². The number of anilines is 1. The van der Waals surface area contributed by atoms with Gasteiger partial charge in [-0.25, -0.2) is 17.2 Å². The van der Waals surface area contributed by atoms with Gasteiger partial charge in [0.2, 0.25) is 10.0 Å². The van der Waals surface area contributed by atoms with E-state index in [1.165, 1.54) is 4.31 Å². The fraction of sp³-hybridized carbons (Fsp3) is 0.316. The van der Waals surface area contributed by atoms with Gasteiger partial charge in [0.05, 0.1) is 22.0 Å². The van der Waals surface area contributed by atoms with Crippen molar-refractivity contribution in [3.05, 3.63) is 64.7 Å². The van der Waals surface area contributed by atoms with E-state index in [4.69, 9.17) is 11.6 Å². The zero-order valence-electron chi connectivity index (χ0n) is 15.4. The lowest BCUT2D eigenvalue weighted by Gasteiger charge is -2.35. The van der Waals surface area contributed by atoms with Crippen LogP contribution >= 0.6 is 11.6 Å². The van der Waals surface area contributed by atoms with Crippen molar-refractivity contribution in [1.29, 1.82) is 0 Å². The third-order valence-electron chi connectivity index (χ3n) is 4.65. The Morgan fingerprint density at radius 1 is 1.07 bits per heavy atom. The first-order valence-electron chi connectivity index (χ1n) is 8.98. The van der Waals surface area contributed by atoms with E-state index in [0.717, 1.165) is 17.8 Å². The average Bonchev–Trinajstić information content (AvgIpc) is 2.68. The van der Waals surface area contributed by atoms with Gasteiger partial charge in [-0.05, 0) is 24.3 Å². The summed E-state index contributed by atoms with van der Waals surface area (Å²) in [5.41, 5.74) is 0.525. The number of hydrogen-bond acceptors (Lipinski definition) is 4. The summed E-state index contributed by atoms with van der Waals surface area (Å²) in [6.45, 7) is 1.41. The van der Waals surface area contributed by atoms with Crippen LogP contribution < -0.4 is 10.2 Å². The molecule has 1 saturated heterocycles. The van der Waals surface area contributed by atoms with Crippen molar-refractivity contribution in [2.45, 2.75) is 0 Å². The van der Waals surface area contributed by atoms with E-state index < -0.39 is 27.6 Å². The number of carbonyl (C=O) groups is 1. The minimum atomic E-state index is -3.59. The SMILES string of the molecule is O=C(NCCS(=O)(=O)N1CCN(c2ccccc2Cl)CC1)c1ccc(F)cc1F. The van der Waals surface area contributed by atoms with Gasteiger partial charge < -0.3 is 10.2 Å². The summed E-state index contributed by atoms with van der Waals surface area (Å²) in [6.07, 6.45) is 0. The van der Waals surface area contributed by atoms with E-state index in [9.17, 15) is 22.0 Å². The Hall–Kier alpha value is -2.23. The summed E-state index contributed by atoms with van der Waals surface area (Å²) in [7, 11) is -3.59. The van der Waals surface area contributed by atoms with Crippen LogP contribution in [-0.2, 0) is 10.0 Å². The molecule has 0 bridgehead atoms. The first-order valence-corrected chi connectivity index (χ1v) is 11.0. The van der Waals surface area contributed by atoms with Crippen molar-refractivity contribution in [2.24, 2.45) is 0 Å². The Morgan fingerprint density at radius 3 is 2.41 bits per heavy atom. The maximum absolute atomic E-state index is 13.6. The Bertz CT molecular complexity index is 996. The molecule has 1 fully saturated rings. The number of nitrogens with zero attached hydrogens (tertiary/aromatic N) is 2. The maximum Gasteiger partial charge on any atom is 0.254 e. The van der Waals surface area contributed by atoms with E-state index in [1.54, 1.807) is 6.07 Å². The summed E-state index contributed by atoms with van der Waals surface area (Å²) >= 11 is 6.19. The summed E-state index contributed by atoms with van der Waals surface area (Å²) in [5.74, 6) is -2.90. The summed E-state index contributed by atoms with van der Waals surface area (Å²) in [4.78, 5) is 14.0. The van der Waals surface area contributed by atoms with Crippen molar-refractivity contribution < 1.29 is 22.0 Å². The molecule has 1 aliphatic heterocycles. The molecule has 1 amide bonds. The smallest absolute Gasteiger partial charge is 0.254 e. The topological polar surface area (TPSA) is 69.7 Å². The Morgan fingerprint density at radius 2 is 1.76 bits per heavy atom. The molecular formula is C19H20ClF2N3O3S. The molecule has 0 spiro atoms. The molecule has 0 saturated carbocycles. The molecule has 1 N–H and O–H groups in total. The second kappa shape index (κ2) is 9.06. The Balaban J connectivity index is 1.51. The van der Waals surface area contributed by atoms with Gasteiger partial charge in [-0.15, -0.1) is 0 Å². The van der Waals surface area contributed by atoms with Crippen LogP contribution in [0.15, 0.2) is 42.5 Å². The van der Waals surface area contributed by atoms with Crippen LogP contribution in [0.25, 0.3) is 0 Å². The van der Waals surface area contributed by atoms with Gasteiger partial charge in [-0.2, -0.15) is 4.31 Å². The predicted octanol–water partition coefficient (Wildman–Crippen LogP) is 2.50. The third kappa shape index (κ3) is 5.23. The highest BCUT2D eigenvalue weighted by molar-refractivity contribution is 7.89. The highest BCUT2D eigenvalue weighted by atomic mass is 35.5. The van der Waals surface area contributed by atoms with Gasteiger partial charge in [0.1, 0.15) is 11.6 Å². The number of hydrogen-bond donors (Lipinski definition) is 1. The number of benzene rings is 2. The third-order valence-corrected chi connectivity index (χ3v) is 6.84. The van der Waals surface area contributed by atoms with Gasteiger partial charge >= 0.3 is 0 Å². The lowest BCUT2D eigenvalue weighted by Crippen LogP contribution is -2.50. The predicted molar refractivity (Wildman–Crippen MR) is 108 cm³/mol. The summed E-state index contributed by atoms with van der Waals surface area (Å²) in [6, 6.07) is 9.96. The highest BCUT2D eigenvalue weighted by Gasteiger charge is 2.27. The summed E-state index contributed by atoms with van der Waals surface area (Å²) < 4.78 is 53.0. The fourth-order valence-corrected chi connectivity index (χ4v) is 4.70. The number of halogens is 3. The van der Waals surface area contributed by atoms with Crippen LogP contribution in [0.3, 0.4) is 0 Å². The number of amides is 1. The molecule has 0 unspecified atom stereocenters. The monoisotopic (exact) mass is 443 g/mol. The molecule has 29 heavy (non-hydrogen) atoms. The van der Waals surface area contributed by atoms with Crippen molar-refractivity contribution >= 4 is 33.2 Å². The second-order valence-electron chi connectivity index (χ2n) is 6.53. The molecule has 1 heterocycles. The van der Waals surface area contributed by atoms with Gasteiger partial charge in [-0.1, -0.05) is 23.7 Å². The van der Waals surface area contributed by atoms with Crippen LogP contribution in [0, 0.1) is 11.6 Å². The molecule has 0 radical (unpaired) electrons. The minimum absolute atomic E-state index is 0.178. The zero-order valence-corrected chi connectivity index (χ0v) is 17.0. The number of sulfonamides is 1. The van der Waals surface area contributed by atoms with Gasteiger partial charge in [0, 0.05) is 38.8 Å². The molecule has 156 valence electrons. The van der Waals surface area contributed by atoms with Crippen molar-refractivity contribution in [3.8, 4) is 0 Å². The highest BCUT2D eigenvalue weighted by Crippen LogP contribution is 2.26. The molecule has 2 aromatic carbocycles. The molecule has 0 aliphatic carbocycles. The maximum atomic E-state index is 13.6. The first kappa shape index (κ1) is 21.5. The number of nitrogens with one attached hydrogen (secondary N) is 1. The molecule has 1 aliphatic rings. The van der Waals surface area contributed by atoms with Gasteiger partial charge in [-0.3, -0.25) is 4.79 Å². The van der Waals surface area contributed by atoms with Crippen LogP contribution in [0.2, 0.25) is 5.02 Å². The normalized spacial score (nSPS) is 15.3. The minimum Gasteiger partial charge on any atom is -0.368 e. The second-order valence-corrected chi connectivity index (χ2v) is 9.03. The zero-order chi connectivity index (χ0) is 21.0. The Kier molecular flexibility index (Phi) is 6.71. The van der Waals surface area contributed by atoms with Crippen molar-refractivity contribution in [1.82, 2.24) is 9.62 Å². The van der Waals surface area contributed by atoms with Crippen LogP contribution in [0.4, 0.5) is 14.5 Å². The molecule has 2 aromatic rings. The van der Waals surface area contributed by atoms with E-state index in [0.29, 0.717) is 37.3 Å². The van der Waals surface area contributed by atoms with Crippen LogP contribution in [0.1, 0.15) is 10.4 Å². The number of carbonyl (C=O) groups excluding carboxylic acids is 1. The summed E-state index contributed by atoms with van der Waals surface area (Å²) in [5, 5.41) is 2.97. The van der Waals surface area contributed by atoms with E-state index in [2.05, 4.69) is 5.32 Å². The van der Waals surface area contributed by atoms with Crippen LogP contribution in [-0.4, -0.2) is 57.1 Å². The van der Waals surface area contributed by atoms with Crippen molar-refractivity contribution in [3.63, 3.8) is 0 Å². The van der Waals surface area contributed by atoms with Gasteiger partial charge in [0.15, 0.2) is 0 Å². The largest absolute Gasteiger partial charge is 0.368 e. The van der Waals surface area contributed by atoms with E-state index >= 15 is 0 Å². The lowest BCUT2D eigenvalue weighted by molar-refractivity contribution is 0.0952. The quantitative estimate of drug-likeness (QED) is 0.744. The molecule has 0 atom stereocenters. The number of para-hydroxylation sites is 1. The van der Waals surface area contributed by atoms with Crippen molar-refractivity contribution in [2.75, 3.05) is 43.4 Å². The van der Waals surface area contributed by atoms with Crippen LogP contribution in [0.5, 0.6) is 0 Å². The molecule has 0 aromatic heterocycles. The lowest BCUT2D eigenvalue weighted by atomic mass is 10.2. The number of rotatable bonds is 6.